The van der Waals surface area contributed by atoms with Crippen molar-refractivity contribution in [2.45, 2.75) is 26.7 Å². The van der Waals surface area contributed by atoms with Gasteiger partial charge in [-0.25, -0.2) is 0 Å². The number of nitrogens with two attached hydrogens (primary N) is 1. The molecule has 1 rings (SSSR count). The lowest BCUT2D eigenvalue weighted by Gasteiger charge is -2.16. The fourth-order valence-corrected chi connectivity index (χ4v) is 1.72. The Hall–Kier alpha value is -1.36. The van der Waals surface area contributed by atoms with Crippen LogP contribution in [0.5, 0.6) is 0 Å². The third kappa shape index (κ3) is 4.44. The zero-order valence-corrected chi connectivity index (χ0v) is 9.86. The molecular formula is C11H20N4O. The second-order valence-electron chi connectivity index (χ2n) is 4.47. The van der Waals surface area contributed by atoms with Gasteiger partial charge in [-0.05, 0) is 24.8 Å². The summed E-state index contributed by atoms with van der Waals surface area (Å²) < 4.78 is 0. The minimum atomic E-state index is -0.00231. The van der Waals surface area contributed by atoms with Gasteiger partial charge in [0.15, 0.2) is 0 Å². The van der Waals surface area contributed by atoms with E-state index in [4.69, 9.17) is 5.73 Å². The molecule has 5 heteroatoms. The zero-order valence-electron chi connectivity index (χ0n) is 9.86. The number of hydrogen-bond donors (Lipinski definition) is 3. The Morgan fingerprint density at radius 3 is 2.88 bits per heavy atom. The van der Waals surface area contributed by atoms with E-state index < -0.39 is 0 Å². The maximum Gasteiger partial charge on any atom is 0.224 e. The first-order valence-corrected chi connectivity index (χ1v) is 5.60. The number of carbonyl (C=O) groups excluding carboxylic acids is 1. The van der Waals surface area contributed by atoms with E-state index in [2.05, 4.69) is 29.4 Å². The highest BCUT2D eigenvalue weighted by molar-refractivity contribution is 5.90. The predicted octanol–water partition coefficient (Wildman–Crippen LogP) is 1.36. The molecule has 0 aliphatic carbocycles. The van der Waals surface area contributed by atoms with Gasteiger partial charge in [-0.3, -0.25) is 9.89 Å². The number of rotatable bonds is 6. The smallest absolute Gasteiger partial charge is 0.224 e. The normalized spacial score (nSPS) is 12.8. The summed E-state index contributed by atoms with van der Waals surface area (Å²) in [6, 6.07) is 0. The second kappa shape index (κ2) is 6.27. The highest BCUT2D eigenvalue weighted by Gasteiger charge is 2.14. The van der Waals surface area contributed by atoms with Gasteiger partial charge in [0.2, 0.25) is 5.91 Å². The molecule has 0 radical (unpaired) electrons. The fourth-order valence-electron chi connectivity index (χ4n) is 1.72. The molecule has 1 heterocycles. The predicted molar refractivity (Wildman–Crippen MR) is 63.8 cm³/mol. The largest absolute Gasteiger partial charge is 0.330 e. The monoisotopic (exact) mass is 224 g/mol. The van der Waals surface area contributed by atoms with Gasteiger partial charge in [-0.15, -0.1) is 0 Å². The lowest BCUT2D eigenvalue weighted by Crippen LogP contribution is -2.23. The highest BCUT2D eigenvalue weighted by atomic mass is 16.1. The van der Waals surface area contributed by atoms with E-state index in [1.165, 1.54) is 0 Å². The van der Waals surface area contributed by atoms with E-state index >= 15 is 0 Å². The molecule has 5 nitrogen and oxygen atoms in total. The summed E-state index contributed by atoms with van der Waals surface area (Å²) >= 11 is 0. The molecule has 0 aromatic carbocycles. The molecule has 0 saturated carbocycles. The summed E-state index contributed by atoms with van der Waals surface area (Å²) in [5.41, 5.74) is 6.34. The molecular weight excluding hydrogens is 204 g/mol. The molecule has 1 amide bonds. The van der Waals surface area contributed by atoms with Crippen molar-refractivity contribution in [3.8, 4) is 0 Å². The maximum atomic E-state index is 11.7. The van der Waals surface area contributed by atoms with E-state index in [-0.39, 0.29) is 11.8 Å². The zero-order chi connectivity index (χ0) is 12.0. The molecule has 1 atom stereocenters. The summed E-state index contributed by atoms with van der Waals surface area (Å²) in [7, 11) is 0. The summed E-state index contributed by atoms with van der Waals surface area (Å²) in [5, 5.41) is 9.18. The van der Waals surface area contributed by atoms with Crippen molar-refractivity contribution in [2.75, 3.05) is 11.9 Å². The van der Waals surface area contributed by atoms with Crippen LogP contribution in [0.25, 0.3) is 0 Å². The van der Waals surface area contributed by atoms with Crippen molar-refractivity contribution in [3.05, 3.63) is 12.4 Å². The average molecular weight is 224 g/mol. The maximum absolute atomic E-state index is 11.7. The standard InChI is InChI=1S/C11H20N4O/c1-8(2)3-9(5-12)4-11(16)15-10-6-13-14-7-10/h6-9H,3-5,12H2,1-2H3,(H,13,14)(H,15,16). The third-order valence-electron chi connectivity index (χ3n) is 2.39. The van der Waals surface area contributed by atoms with Gasteiger partial charge in [0.25, 0.3) is 0 Å². The van der Waals surface area contributed by atoms with E-state index in [1.54, 1.807) is 12.4 Å². The Bertz CT molecular complexity index is 308. The van der Waals surface area contributed by atoms with Crippen LogP contribution in [-0.4, -0.2) is 22.6 Å². The SMILES string of the molecule is CC(C)CC(CN)CC(=O)Nc1cn[nH]c1. The Kier molecular flexibility index (Phi) is 4.98. The number of hydrogen-bond acceptors (Lipinski definition) is 3. The van der Waals surface area contributed by atoms with Crippen LogP contribution in [-0.2, 0) is 4.79 Å². The van der Waals surface area contributed by atoms with E-state index in [0.717, 1.165) is 6.42 Å². The van der Waals surface area contributed by atoms with Crippen LogP contribution < -0.4 is 11.1 Å². The molecule has 0 spiro atoms. The molecule has 0 aliphatic heterocycles. The first-order valence-electron chi connectivity index (χ1n) is 5.60. The van der Waals surface area contributed by atoms with Crippen LogP contribution in [0, 0.1) is 11.8 Å². The van der Waals surface area contributed by atoms with Gasteiger partial charge in [0.05, 0.1) is 11.9 Å². The van der Waals surface area contributed by atoms with Gasteiger partial charge >= 0.3 is 0 Å². The molecule has 0 saturated heterocycles. The van der Waals surface area contributed by atoms with Crippen LogP contribution >= 0.6 is 0 Å². The number of aromatic nitrogens is 2. The molecule has 0 bridgehead atoms. The van der Waals surface area contributed by atoms with Crippen LogP contribution in [0.1, 0.15) is 26.7 Å². The van der Waals surface area contributed by atoms with Gasteiger partial charge in [-0.1, -0.05) is 13.8 Å². The molecule has 1 aromatic heterocycles. The minimum Gasteiger partial charge on any atom is -0.330 e. The summed E-state index contributed by atoms with van der Waals surface area (Å²) in [5.74, 6) is 0.819. The number of aromatic amines is 1. The summed E-state index contributed by atoms with van der Waals surface area (Å²) in [6.45, 7) is 4.82. The second-order valence-corrected chi connectivity index (χ2v) is 4.47. The van der Waals surface area contributed by atoms with Crippen molar-refractivity contribution in [3.63, 3.8) is 0 Å². The Morgan fingerprint density at radius 2 is 2.38 bits per heavy atom. The summed E-state index contributed by atoms with van der Waals surface area (Å²) in [6.07, 6.45) is 4.69. The molecule has 4 N–H and O–H groups in total. The molecule has 90 valence electrons. The lowest BCUT2D eigenvalue weighted by atomic mass is 9.94. The molecule has 0 aliphatic rings. The number of carbonyl (C=O) groups is 1. The quantitative estimate of drug-likeness (QED) is 0.682. The summed E-state index contributed by atoms with van der Waals surface area (Å²) in [4.78, 5) is 11.7. The van der Waals surface area contributed by atoms with Crippen LogP contribution in [0.2, 0.25) is 0 Å². The van der Waals surface area contributed by atoms with Crippen LogP contribution in [0.3, 0.4) is 0 Å². The molecule has 0 fully saturated rings. The van der Waals surface area contributed by atoms with Gasteiger partial charge in [0, 0.05) is 12.6 Å². The number of nitrogens with zero attached hydrogens (tertiary/aromatic N) is 1. The van der Waals surface area contributed by atoms with E-state index in [1.807, 2.05) is 0 Å². The first kappa shape index (κ1) is 12.7. The third-order valence-corrected chi connectivity index (χ3v) is 2.39. The van der Waals surface area contributed by atoms with Gasteiger partial charge < -0.3 is 11.1 Å². The number of nitrogens with one attached hydrogen (secondary N) is 2. The Labute approximate surface area is 95.8 Å². The fraction of sp³-hybridized carbons (Fsp3) is 0.636. The van der Waals surface area contributed by atoms with Gasteiger partial charge in [-0.2, -0.15) is 5.10 Å². The first-order chi connectivity index (χ1) is 7.61. The molecule has 1 unspecified atom stereocenters. The van der Waals surface area contributed by atoms with Crippen molar-refractivity contribution < 1.29 is 4.79 Å². The molecule has 1 aromatic rings. The van der Waals surface area contributed by atoms with Crippen molar-refractivity contribution >= 4 is 11.6 Å². The Balaban J connectivity index is 2.37. The Morgan fingerprint density at radius 1 is 1.62 bits per heavy atom. The highest BCUT2D eigenvalue weighted by Crippen LogP contribution is 2.15. The van der Waals surface area contributed by atoms with Crippen molar-refractivity contribution in [1.82, 2.24) is 10.2 Å². The van der Waals surface area contributed by atoms with Crippen LogP contribution in [0.4, 0.5) is 5.69 Å². The molecule has 16 heavy (non-hydrogen) atoms. The van der Waals surface area contributed by atoms with Crippen molar-refractivity contribution in [1.29, 1.82) is 0 Å². The van der Waals surface area contributed by atoms with Crippen LogP contribution in [0.15, 0.2) is 12.4 Å². The van der Waals surface area contributed by atoms with Gasteiger partial charge in [0.1, 0.15) is 0 Å². The number of anilines is 1. The topological polar surface area (TPSA) is 83.8 Å². The average Bonchev–Trinajstić information content (AvgIpc) is 2.68. The number of H-pyrrole nitrogens is 1. The van der Waals surface area contributed by atoms with E-state index in [9.17, 15) is 4.79 Å². The van der Waals surface area contributed by atoms with E-state index in [0.29, 0.717) is 24.6 Å². The number of amides is 1. The van der Waals surface area contributed by atoms with Crippen molar-refractivity contribution in [2.24, 2.45) is 17.6 Å². The lowest BCUT2D eigenvalue weighted by molar-refractivity contribution is -0.117. The minimum absolute atomic E-state index is 0.00231.